The minimum atomic E-state index is 0.474. The van der Waals surface area contributed by atoms with Crippen LogP contribution in [-0.4, -0.2) is 13.1 Å². The highest BCUT2D eigenvalue weighted by Gasteiger charge is 2.24. The summed E-state index contributed by atoms with van der Waals surface area (Å²) in [6, 6.07) is 6.67. The molecule has 3 heteroatoms. The third-order valence-corrected chi connectivity index (χ3v) is 4.69. The van der Waals surface area contributed by atoms with Crippen LogP contribution in [0.3, 0.4) is 0 Å². The van der Waals surface area contributed by atoms with E-state index in [1.54, 1.807) is 0 Å². The van der Waals surface area contributed by atoms with Gasteiger partial charge in [-0.25, -0.2) is 0 Å². The average molecular weight is 286 g/mol. The van der Waals surface area contributed by atoms with Crippen molar-refractivity contribution in [3.63, 3.8) is 0 Å². The third kappa shape index (κ3) is 2.95. The molecule has 100 valence electrons. The van der Waals surface area contributed by atoms with Crippen molar-refractivity contribution in [2.75, 3.05) is 11.9 Å². The lowest BCUT2D eigenvalue weighted by Gasteiger charge is -2.36. The Balaban J connectivity index is 2.22. The molecular weight excluding hydrogens is 265 g/mol. The van der Waals surface area contributed by atoms with E-state index in [1.165, 1.54) is 31.4 Å². The minimum absolute atomic E-state index is 0.474. The summed E-state index contributed by atoms with van der Waals surface area (Å²) >= 11 is 12.3. The van der Waals surface area contributed by atoms with E-state index < -0.39 is 0 Å². The first-order valence-corrected chi connectivity index (χ1v) is 7.61. The zero-order valence-corrected chi connectivity index (χ0v) is 12.6. The first kappa shape index (κ1) is 14.0. The normalized spacial score (nSPS) is 24.0. The van der Waals surface area contributed by atoms with Crippen molar-refractivity contribution in [2.24, 2.45) is 5.92 Å². The topological polar surface area (TPSA) is 3.24 Å². The van der Waals surface area contributed by atoms with Gasteiger partial charge in [0.25, 0.3) is 0 Å². The molecule has 1 aromatic rings. The van der Waals surface area contributed by atoms with Crippen LogP contribution in [-0.2, 0) is 5.88 Å². The molecule has 0 aliphatic heterocycles. The van der Waals surface area contributed by atoms with Gasteiger partial charge in [0.05, 0.1) is 5.88 Å². The second-order valence-electron chi connectivity index (χ2n) is 5.41. The van der Waals surface area contributed by atoms with E-state index in [0.29, 0.717) is 11.9 Å². The molecule has 0 amide bonds. The molecule has 1 saturated carbocycles. The van der Waals surface area contributed by atoms with Gasteiger partial charge < -0.3 is 4.90 Å². The van der Waals surface area contributed by atoms with E-state index in [2.05, 4.69) is 24.9 Å². The summed E-state index contributed by atoms with van der Waals surface area (Å²) in [5.74, 6) is 1.30. The van der Waals surface area contributed by atoms with Gasteiger partial charge in [-0.1, -0.05) is 37.4 Å². The quantitative estimate of drug-likeness (QED) is 0.699. The first-order chi connectivity index (χ1) is 8.63. The number of hydrogen-bond donors (Lipinski definition) is 0. The molecule has 0 N–H and O–H groups in total. The maximum absolute atomic E-state index is 6.23. The van der Waals surface area contributed by atoms with Crippen molar-refractivity contribution >= 4 is 28.9 Å². The molecule has 1 aromatic carbocycles. The van der Waals surface area contributed by atoms with Crippen molar-refractivity contribution in [1.29, 1.82) is 0 Å². The Morgan fingerprint density at radius 3 is 2.78 bits per heavy atom. The zero-order valence-electron chi connectivity index (χ0n) is 11.1. The lowest BCUT2D eigenvalue weighted by molar-refractivity contribution is 0.336. The van der Waals surface area contributed by atoms with Crippen LogP contribution < -0.4 is 4.90 Å². The van der Waals surface area contributed by atoms with Crippen LogP contribution in [0, 0.1) is 5.92 Å². The van der Waals surface area contributed by atoms with Crippen molar-refractivity contribution in [1.82, 2.24) is 0 Å². The summed E-state index contributed by atoms with van der Waals surface area (Å²) < 4.78 is 0. The summed E-state index contributed by atoms with van der Waals surface area (Å²) in [6.45, 7) is 2.35. The Labute approximate surface area is 120 Å². The van der Waals surface area contributed by atoms with Gasteiger partial charge in [0.2, 0.25) is 0 Å². The molecule has 0 spiro atoms. The summed E-state index contributed by atoms with van der Waals surface area (Å²) in [5, 5.41) is 0.776. The van der Waals surface area contributed by atoms with Gasteiger partial charge in [0, 0.05) is 29.4 Å². The Hall–Kier alpha value is -0.400. The Morgan fingerprint density at radius 2 is 2.11 bits per heavy atom. The van der Waals surface area contributed by atoms with Crippen molar-refractivity contribution in [3.05, 3.63) is 28.8 Å². The molecule has 2 unspecified atom stereocenters. The fraction of sp³-hybridized carbons (Fsp3) is 0.600. The van der Waals surface area contributed by atoms with Gasteiger partial charge >= 0.3 is 0 Å². The summed E-state index contributed by atoms with van der Waals surface area (Å²) in [5.41, 5.74) is 2.25. The van der Waals surface area contributed by atoms with E-state index in [-0.39, 0.29) is 0 Å². The molecule has 1 nitrogen and oxygen atoms in total. The van der Waals surface area contributed by atoms with Crippen molar-refractivity contribution in [3.8, 4) is 0 Å². The molecule has 1 fully saturated rings. The largest absolute Gasteiger partial charge is 0.371 e. The van der Waals surface area contributed by atoms with E-state index in [0.717, 1.165) is 16.5 Å². The van der Waals surface area contributed by atoms with Crippen LogP contribution in [0.1, 0.15) is 38.2 Å². The van der Waals surface area contributed by atoms with Crippen molar-refractivity contribution in [2.45, 2.75) is 44.5 Å². The highest BCUT2D eigenvalue weighted by atomic mass is 35.5. The molecule has 2 atom stereocenters. The average Bonchev–Trinajstić information content (AvgIpc) is 2.37. The van der Waals surface area contributed by atoms with E-state index in [1.807, 2.05) is 12.1 Å². The number of alkyl halides is 1. The fourth-order valence-electron chi connectivity index (χ4n) is 2.96. The predicted molar refractivity (Wildman–Crippen MR) is 80.8 cm³/mol. The van der Waals surface area contributed by atoms with Crippen molar-refractivity contribution < 1.29 is 0 Å². The van der Waals surface area contributed by atoms with Gasteiger partial charge in [-0.2, -0.15) is 0 Å². The van der Waals surface area contributed by atoms with Crippen LogP contribution in [0.5, 0.6) is 0 Å². The van der Waals surface area contributed by atoms with E-state index >= 15 is 0 Å². The van der Waals surface area contributed by atoms with Crippen LogP contribution in [0.15, 0.2) is 18.2 Å². The standard InChI is InChI=1S/C15H21Cl2N/c1-11-5-3-6-12(9-11)18(2)15-8-4-7-14(17)13(15)10-16/h4,7-8,11-12H,3,5-6,9-10H2,1-2H3. The van der Waals surface area contributed by atoms with E-state index in [4.69, 9.17) is 23.2 Å². The number of hydrogen-bond acceptors (Lipinski definition) is 1. The molecule has 0 saturated heterocycles. The number of benzene rings is 1. The maximum atomic E-state index is 6.23. The molecule has 1 aliphatic carbocycles. The van der Waals surface area contributed by atoms with Crippen LogP contribution in [0.4, 0.5) is 5.69 Å². The number of rotatable bonds is 3. The van der Waals surface area contributed by atoms with Gasteiger partial charge in [0.1, 0.15) is 0 Å². The Bertz CT molecular complexity index is 405. The van der Waals surface area contributed by atoms with Gasteiger partial charge in [-0.15, -0.1) is 11.6 Å². The molecule has 0 radical (unpaired) electrons. The smallest absolute Gasteiger partial charge is 0.0509 e. The van der Waals surface area contributed by atoms with Gasteiger partial charge in [-0.05, 0) is 30.9 Å². The van der Waals surface area contributed by atoms with Crippen LogP contribution in [0.2, 0.25) is 5.02 Å². The lowest BCUT2D eigenvalue weighted by atomic mass is 9.86. The molecular formula is C15H21Cl2N. The van der Waals surface area contributed by atoms with Gasteiger partial charge in [0.15, 0.2) is 0 Å². The Morgan fingerprint density at radius 1 is 1.33 bits per heavy atom. The summed E-state index contributed by atoms with van der Waals surface area (Å²) in [6.07, 6.45) is 5.23. The molecule has 2 rings (SSSR count). The molecule has 1 aliphatic rings. The number of halogens is 2. The predicted octanol–water partition coefficient (Wildman–Crippen LogP) is 5.09. The highest BCUT2D eigenvalue weighted by molar-refractivity contribution is 6.32. The lowest BCUT2D eigenvalue weighted by Crippen LogP contribution is -2.36. The zero-order chi connectivity index (χ0) is 13.1. The maximum Gasteiger partial charge on any atom is 0.0509 e. The summed E-state index contributed by atoms with van der Waals surface area (Å²) in [4.78, 5) is 2.37. The second kappa shape index (κ2) is 6.16. The highest BCUT2D eigenvalue weighted by Crippen LogP contribution is 2.34. The fourth-order valence-corrected chi connectivity index (χ4v) is 3.55. The third-order valence-electron chi connectivity index (χ3n) is 4.06. The van der Waals surface area contributed by atoms with E-state index in [9.17, 15) is 0 Å². The monoisotopic (exact) mass is 285 g/mol. The minimum Gasteiger partial charge on any atom is -0.371 e. The Kier molecular flexibility index (Phi) is 4.80. The van der Waals surface area contributed by atoms with Crippen LogP contribution >= 0.6 is 23.2 Å². The van der Waals surface area contributed by atoms with Gasteiger partial charge in [-0.3, -0.25) is 0 Å². The number of nitrogens with zero attached hydrogens (tertiary/aromatic N) is 1. The molecule has 0 bridgehead atoms. The summed E-state index contributed by atoms with van der Waals surface area (Å²) in [7, 11) is 2.17. The SMILES string of the molecule is CC1CCCC(N(C)c2cccc(Cl)c2CCl)C1. The molecule has 0 aromatic heterocycles. The molecule has 0 heterocycles. The first-order valence-electron chi connectivity index (χ1n) is 6.69. The number of anilines is 1. The second-order valence-corrected chi connectivity index (χ2v) is 6.08. The van der Waals surface area contributed by atoms with Crippen LogP contribution in [0.25, 0.3) is 0 Å². The molecule has 18 heavy (non-hydrogen) atoms.